The number of halogens is 2. The van der Waals surface area contributed by atoms with E-state index in [1.165, 1.54) is 0 Å². The second-order valence-corrected chi connectivity index (χ2v) is 7.14. The quantitative estimate of drug-likeness (QED) is 0.784. The molecule has 122 valence electrons. The Morgan fingerprint density at radius 3 is 2.52 bits per heavy atom. The topological polar surface area (TPSA) is 66.4 Å². The lowest BCUT2D eigenvalue weighted by atomic mass is 10.1. The molecule has 0 aliphatic heterocycles. The first kappa shape index (κ1) is 17.8. The Morgan fingerprint density at radius 1 is 1.17 bits per heavy atom. The maximum Gasteiger partial charge on any atom is 0.303 e. The van der Waals surface area contributed by atoms with Gasteiger partial charge in [0.25, 0.3) is 0 Å². The van der Waals surface area contributed by atoms with Crippen molar-refractivity contribution in [1.82, 2.24) is 0 Å². The van der Waals surface area contributed by atoms with Crippen LogP contribution in [-0.4, -0.2) is 21.5 Å². The molecule has 0 saturated carbocycles. The van der Waals surface area contributed by atoms with E-state index in [9.17, 15) is 9.00 Å². The molecule has 1 unspecified atom stereocenters. The predicted molar refractivity (Wildman–Crippen MR) is 94.5 cm³/mol. The Kier molecular flexibility index (Phi) is 6.04. The lowest BCUT2D eigenvalue weighted by Gasteiger charge is -2.14. The molecule has 2 N–H and O–H groups in total. The number of carboxylic acids is 1. The highest BCUT2D eigenvalue weighted by Crippen LogP contribution is 2.31. The molecular weight excluding hydrogens is 357 g/mol. The molecule has 23 heavy (non-hydrogen) atoms. The van der Waals surface area contributed by atoms with Crippen molar-refractivity contribution < 1.29 is 14.1 Å². The second-order valence-electron chi connectivity index (χ2n) is 4.92. The van der Waals surface area contributed by atoms with Crippen LogP contribution in [-0.2, 0) is 22.0 Å². The maximum atomic E-state index is 11.5. The van der Waals surface area contributed by atoms with E-state index < -0.39 is 16.8 Å². The molecule has 7 heteroatoms. The van der Waals surface area contributed by atoms with E-state index in [0.717, 1.165) is 5.56 Å². The van der Waals surface area contributed by atoms with Gasteiger partial charge in [0.1, 0.15) is 0 Å². The highest BCUT2D eigenvalue weighted by Gasteiger charge is 2.09. The number of rotatable bonds is 6. The van der Waals surface area contributed by atoms with Gasteiger partial charge in [-0.3, -0.25) is 9.00 Å². The van der Waals surface area contributed by atoms with E-state index in [4.69, 9.17) is 28.3 Å². The molecule has 2 rings (SSSR count). The molecular formula is C16H15Cl2NO3S. The van der Waals surface area contributed by atoms with Crippen molar-refractivity contribution in [3.8, 4) is 0 Å². The number of aliphatic carboxylic acids is 1. The Hall–Kier alpha value is -1.56. The summed E-state index contributed by atoms with van der Waals surface area (Å²) < 4.78 is 11.5. The normalized spacial score (nSPS) is 12.0. The minimum absolute atomic E-state index is 0.0256. The van der Waals surface area contributed by atoms with Gasteiger partial charge < -0.3 is 10.4 Å². The van der Waals surface area contributed by atoms with Crippen LogP contribution < -0.4 is 5.32 Å². The van der Waals surface area contributed by atoms with Gasteiger partial charge in [-0.05, 0) is 42.3 Å². The van der Waals surface area contributed by atoms with Crippen molar-refractivity contribution in [3.05, 3.63) is 52.0 Å². The van der Waals surface area contributed by atoms with Crippen LogP contribution in [0.1, 0.15) is 12.0 Å². The fourth-order valence-corrected chi connectivity index (χ4v) is 3.05. The summed E-state index contributed by atoms with van der Waals surface area (Å²) in [6.07, 6.45) is 1.99. The predicted octanol–water partition coefficient (Wildman–Crippen LogP) is 4.49. The summed E-state index contributed by atoms with van der Waals surface area (Å²) in [7, 11) is -1.11. The van der Waals surface area contributed by atoms with Gasteiger partial charge in [0.2, 0.25) is 0 Å². The molecule has 2 aromatic carbocycles. The third-order valence-corrected chi connectivity index (χ3v) is 4.69. The molecule has 0 bridgehead atoms. The first-order valence-electron chi connectivity index (χ1n) is 6.77. The van der Waals surface area contributed by atoms with E-state index in [1.807, 2.05) is 0 Å². The summed E-state index contributed by atoms with van der Waals surface area (Å²) in [4.78, 5) is 11.4. The summed E-state index contributed by atoms with van der Waals surface area (Å²) in [5.74, 6) is -0.862. The minimum Gasteiger partial charge on any atom is -0.481 e. The molecule has 0 spiro atoms. The van der Waals surface area contributed by atoms with Gasteiger partial charge in [-0.15, -0.1) is 0 Å². The summed E-state index contributed by atoms with van der Waals surface area (Å²) >= 11 is 12.2. The monoisotopic (exact) mass is 371 g/mol. The standard InChI is InChI=1S/C16H15Cl2NO3S/c1-23(22)12-5-6-14(13(18)9-12)19-15-8-11(17)4-2-10(15)3-7-16(20)21/h2,4-6,8-9,19H,3,7H2,1H3,(H,20,21). The molecule has 0 amide bonds. The van der Waals surface area contributed by atoms with Crippen LogP contribution in [0.15, 0.2) is 41.3 Å². The minimum atomic E-state index is -1.11. The van der Waals surface area contributed by atoms with Crippen LogP contribution in [0.2, 0.25) is 10.0 Å². The molecule has 0 aliphatic carbocycles. The molecule has 0 aliphatic rings. The highest BCUT2D eigenvalue weighted by atomic mass is 35.5. The van der Waals surface area contributed by atoms with Gasteiger partial charge in [0.15, 0.2) is 0 Å². The Labute approximate surface area is 146 Å². The number of carboxylic acid groups (broad SMARTS) is 1. The summed E-state index contributed by atoms with van der Waals surface area (Å²) in [6.45, 7) is 0. The van der Waals surface area contributed by atoms with Crippen LogP contribution in [0, 0.1) is 0 Å². The largest absolute Gasteiger partial charge is 0.481 e. The number of hydrogen-bond donors (Lipinski definition) is 2. The van der Waals surface area contributed by atoms with Crippen molar-refractivity contribution in [3.63, 3.8) is 0 Å². The van der Waals surface area contributed by atoms with E-state index >= 15 is 0 Å². The van der Waals surface area contributed by atoms with Crippen LogP contribution in [0.3, 0.4) is 0 Å². The molecule has 0 aromatic heterocycles. The molecule has 4 nitrogen and oxygen atoms in total. The fraction of sp³-hybridized carbons (Fsp3) is 0.188. The number of carbonyl (C=O) groups is 1. The number of hydrogen-bond acceptors (Lipinski definition) is 3. The second kappa shape index (κ2) is 7.81. The zero-order valence-electron chi connectivity index (χ0n) is 12.3. The first-order chi connectivity index (χ1) is 10.9. The smallest absolute Gasteiger partial charge is 0.303 e. The lowest BCUT2D eigenvalue weighted by Crippen LogP contribution is -2.01. The van der Waals surface area contributed by atoms with E-state index in [0.29, 0.717) is 32.7 Å². The highest BCUT2D eigenvalue weighted by molar-refractivity contribution is 7.84. The number of benzene rings is 2. The van der Waals surface area contributed by atoms with Gasteiger partial charge >= 0.3 is 5.97 Å². The van der Waals surface area contributed by atoms with Crippen LogP contribution in [0.5, 0.6) is 0 Å². The first-order valence-corrected chi connectivity index (χ1v) is 9.08. The van der Waals surface area contributed by atoms with Crippen molar-refractivity contribution >= 4 is 51.3 Å². The van der Waals surface area contributed by atoms with Crippen molar-refractivity contribution in [1.29, 1.82) is 0 Å². The summed E-state index contributed by atoms with van der Waals surface area (Å²) in [5.41, 5.74) is 2.17. The Morgan fingerprint density at radius 2 is 1.91 bits per heavy atom. The van der Waals surface area contributed by atoms with Gasteiger partial charge in [0, 0.05) is 39.1 Å². The van der Waals surface area contributed by atoms with E-state index in [2.05, 4.69) is 5.32 Å². The maximum absolute atomic E-state index is 11.5. The van der Waals surface area contributed by atoms with Crippen LogP contribution in [0.4, 0.5) is 11.4 Å². The zero-order chi connectivity index (χ0) is 17.0. The van der Waals surface area contributed by atoms with Gasteiger partial charge in [0.05, 0.1) is 10.7 Å². The molecule has 2 aromatic rings. The molecule has 1 atom stereocenters. The van der Waals surface area contributed by atoms with Crippen molar-refractivity contribution in [2.45, 2.75) is 17.7 Å². The molecule has 0 heterocycles. The average molecular weight is 372 g/mol. The van der Waals surface area contributed by atoms with E-state index in [-0.39, 0.29) is 6.42 Å². The fourth-order valence-electron chi connectivity index (χ4n) is 2.05. The van der Waals surface area contributed by atoms with Crippen molar-refractivity contribution in [2.24, 2.45) is 0 Å². The molecule has 0 radical (unpaired) electrons. The Bertz CT molecular complexity index is 765. The summed E-state index contributed by atoms with van der Waals surface area (Å²) in [6, 6.07) is 10.3. The zero-order valence-corrected chi connectivity index (χ0v) is 14.6. The third kappa shape index (κ3) is 4.96. The number of nitrogens with one attached hydrogen (secondary N) is 1. The van der Waals surface area contributed by atoms with Crippen LogP contribution >= 0.6 is 23.2 Å². The number of anilines is 2. The number of aryl methyl sites for hydroxylation is 1. The SMILES string of the molecule is CS(=O)c1ccc(Nc2cc(Cl)ccc2CCC(=O)O)c(Cl)c1. The van der Waals surface area contributed by atoms with Gasteiger partial charge in [-0.2, -0.15) is 0 Å². The third-order valence-electron chi connectivity index (χ3n) is 3.22. The summed E-state index contributed by atoms with van der Waals surface area (Å²) in [5, 5.41) is 13.0. The van der Waals surface area contributed by atoms with Crippen molar-refractivity contribution in [2.75, 3.05) is 11.6 Å². The Balaban J connectivity index is 2.30. The van der Waals surface area contributed by atoms with Crippen LogP contribution in [0.25, 0.3) is 0 Å². The molecule has 0 saturated heterocycles. The van der Waals surface area contributed by atoms with E-state index in [1.54, 1.807) is 42.7 Å². The average Bonchev–Trinajstić information content (AvgIpc) is 2.48. The lowest BCUT2D eigenvalue weighted by molar-refractivity contribution is -0.136. The van der Waals surface area contributed by atoms with Gasteiger partial charge in [-0.25, -0.2) is 0 Å². The van der Waals surface area contributed by atoms with Gasteiger partial charge in [-0.1, -0.05) is 29.3 Å². The molecule has 0 fully saturated rings.